The van der Waals surface area contributed by atoms with Crippen molar-refractivity contribution in [2.75, 3.05) is 6.54 Å². The number of amides is 1. The minimum absolute atomic E-state index is 0.183. The Balaban J connectivity index is 1.76. The quantitative estimate of drug-likeness (QED) is 0.864. The van der Waals surface area contributed by atoms with Crippen molar-refractivity contribution in [2.45, 2.75) is 30.5 Å². The number of carbonyl (C=O) groups is 1. The van der Waals surface area contributed by atoms with Crippen LogP contribution in [-0.4, -0.2) is 17.3 Å². The van der Waals surface area contributed by atoms with Crippen LogP contribution in [0.15, 0.2) is 16.5 Å². The molecule has 1 heterocycles. The SMILES string of the molecule is O=C(NCC1CCC(Br)CC1)c1ccc(Cl)o1. The van der Waals surface area contributed by atoms with Gasteiger partial charge in [-0.05, 0) is 55.3 Å². The lowest BCUT2D eigenvalue weighted by Crippen LogP contribution is -2.31. The molecule has 17 heavy (non-hydrogen) atoms. The van der Waals surface area contributed by atoms with Crippen LogP contribution in [0.1, 0.15) is 36.2 Å². The van der Waals surface area contributed by atoms with Gasteiger partial charge in [0.25, 0.3) is 5.91 Å². The molecule has 94 valence electrons. The van der Waals surface area contributed by atoms with Gasteiger partial charge in [0.15, 0.2) is 11.0 Å². The number of alkyl halides is 1. The molecule has 1 aromatic heterocycles. The van der Waals surface area contributed by atoms with Gasteiger partial charge in [-0.3, -0.25) is 4.79 Å². The van der Waals surface area contributed by atoms with Crippen LogP contribution in [0.5, 0.6) is 0 Å². The van der Waals surface area contributed by atoms with Gasteiger partial charge in [0.1, 0.15) is 0 Å². The van der Waals surface area contributed by atoms with Crippen molar-refractivity contribution in [3.05, 3.63) is 23.1 Å². The number of hydrogen-bond acceptors (Lipinski definition) is 2. The second-order valence-electron chi connectivity index (χ2n) is 4.43. The summed E-state index contributed by atoms with van der Waals surface area (Å²) in [6, 6.07) is 3.17. The summed E-state index contributed by atoms with van der Waals surface area (Å²) >= 11 is 9.24. The standard InChI is InChI=1S/C12H15BrClNO2/c13-9-3-1-8(2-4-9)7-15-12(16)10-5-6-11(14)17-10/h5-6,8-9H,1-4,7H2,(H,15,16). The summed E-state index contributed by atoms with van der Waals surface area (Å²) in [7, 11) is 0. The van der Waals surface area contributed by atoms with Crippen LogP contribution < -0.4 is 5.32 Å². The molecule has 1 aromatic rings. The third kappa shape index (κ3) is 3.75. The van der Waals surface area contributed by atoms with Gasteiger partial charge in [0.2, 0.25) is 0 Å². The molecule has 5 heteroatoms. The Morgan fingerprint density at radius 2 is 2.12 bits per heavy atom. The van der Waals surface area contributed by atoms with Crippen LogP contribution in [-0.2, 0) is 0 Å². The van der Waals surface area contributed by atoms with Crippen molar-refractivity contribution in [1.82, 2.24) is 5.32 Å². The summed E-state index contributed by atoms with van der Waals surface area (Å²) in [6.07, 6.45) is 4.70. The van der Waals surface area contributed by atoms with Crippen LogP contribution in [0.3, 0.4) is 0 Å². The third-order valence-electron chi connectivity index (χ3n) is 3.12. The predicted octanol–water partition coefficient (Wildman–Crippen LogP) is 3.62. The van der Waals surface area contributed by atoms with E-state index in [1.807, 2.05) is 0 Å². The second-order valence-corrected chi connectivity index (χ2v) is 6.10. The second kappa shape index (κ2) is 5.91. The van der Waals surface area contributed by atoms with E-state index in [-0.39, 0.29) is 16.9 Å². The summed E-state index contributed by atoms with van der Waals surface area (Å²) in [6.45, 7) is 0.719. The Labute approximate surface area is 114 Å². The third-order valence-corrected chi connectivity index (χ3v) is 4.24. The summed E-state index contributed by atoms with van der Waals surface area (Å²) < 4.78 is 5.05. The first kappa shape index (κ1) is 13.0. The molecule has 1 N–H and O–H groups in total. The van der Waals surface area contributed by atoms with Crippen LogP contribution >= 0.6 is 27.5 Å². The minimum Gasteiger partial charge on any atom is -0.440 e. The minimum atomic E-state index is -0.183. The normalized spacial score (nSPS) is 24.6. The van der Waals surface area contributed by atoms with E-state index < -0.39 is 0 Å². The lowest BCUT2D eigenvalue weighted by molar-refractivity contribution is 0.0916. The molecule has 0 aromatic carbocycles. The molecule has 1 saturated carbocycles. The molecule has 0 atom stereocenters. The van der Waals surface area contributed by atoms with E-state index in [0.717, 1.165) is 19.4 Å². The Hall–Kier alpha value is -0.480. The summed E-state index contributed by atoms with van der Waals surface area (Å²) in [4.78, 5) is 12.3. The van der Waals surface area contributed by atoms with Gasteiger partial charge < -0.3 is 9.73 Å². The van der Waals surface area contributed by atoms with Crippen molar-refractivity contribution in [1.29, 1.82) is 0 Å². The van der Waals surface area contributed by atoms with Crippen molar-refractivity contribution < 1.29 is 9.21 Å². The number of rotatable bonds is 3. The van der Waals surface area contributed by atoms with Gasteiger partial charge in [-0.1, -0.05) is 15.9 Å². The van der Waals surface area contributed by atoms with Gasteiger partial charge in [-0.15, -0.1) is 0 Å². The van der Waals surface area contributed by atoms with E-state index in [9.17, 15) is 4.79 Å². The molecule has 2 rings (SSSR count). The average molecular weight is 321 g/mol. The van der Waals surface area contributed by atoms with Gasteiger partial charge >= 0.3 is 0 Å². The van der Waals surface area contributed by atoms with Crippen LogP contribution in [0.4, 0.5) is 0 Å². The highest BCUT2D eigenvalue weighted by molar-refractivity contribution is 9.09. The lowest BCUT2D eigenvalue weighted by atomic mass is 9.89. The number of halogens is 2. The van der Waals surface area contributed by atoms with Crippen LogP contribution in [0, 0.1) is 5.92 Å². The highest BCUT2D eigenvalue weighted by Gasteiger charge is 2.20. The molecule has 0 unspecified atom stereocenters. The first-order valence-corrected chi connectivity index (χ1v) is 7.12. The maximum atomic E-state index is 11.7. The molecule has 0 bridgehead atoms. The van der Waals surface area contributed by atoms with Crippen LogP contribution in [0.2, 0.25) is 5.22 Å². The molecular formula is C12H15BrClNO2. The van der Waals surface area contributed by atoms with E-state index >= 15 is 0 Å². The fourth-order valence-corrected chi connectivity index (χ4v) is 2.76. The Kier molecular flexibility index (Phi) is 4.51. The lowest BCUT2D eigenvalue weighted by Gasteiger charge is -2.25. The Morgan fingerprint density at radius 3 is 2.71 bits per heavy atom. The predicted molar refractivity (Wildman–Crippen MR) is 70.7 cm³/mol. The zero-order valence-corrected chi connectivity index (χ0v) is 11.8. The number of nitrogens with one attached hydrogen (secondary N) is 1. The number of furan rings is 1. The smallest absolute Gasteiger partial charge is 0.287 e. The molecule has 3 nitrogen and oxygen atoms in total. The topological polar surface area (TPSA) is 42.2 Å². The summed E-state index contributed by atoms with van der Waals surface area (Å²) in [5.41, 5.74) is 0. The number of carbonyl (C=O) groups excluding carboxylic acids is 1. The van der Waals surface area contributed by atoms with Gasteiger partial charge in [-0.25, -0.2) is 0 Å². The molecule has 1 aliphatic rings. The van der Waals surface area contributed by atoms with Crippen molar-refractivity contribution in [3.63, 3.8) is 0 Å². The highest BCUT2D eigenvalue weighted by Crippen LogP contribution is 2.28. The largest absolute Gasteiger partial charge is 0.440 e. The maximum Gasteiger partial charge on any atom is 0.287 e. The average Bonchev–Trinajstić information content (AvgIpc) is 2.75. The van der Waals surface area contributed by atoms with Crippen LogP contribution in [0.25, 0.3) is 0 Å². The fourth-order valence-electron chi connectivity index (χ4n) is 2.09. The van der Waals surface area contributed by atoms with Crippen molar-refractivity contribution >= 4 is 33.4 Å². The zero-order valence-electron chi connectivity index (χ0n) is 9.42. The van der Waals surface area contributed by atoms with E-state index in [1.54, 1.807) is 12.1 Å². The molecule has 0 radical (unpaired) electrons. The summed E-state index contributed by atoms with van der Waals surface area (Å²) in [5, 5.41) is 3.14. The van der Waals surface area contributed by atoms with Gasteiger partial charge in [-0.2, -0.15) is 0 Å². The first-order chi connectivity index (χ1) is 8.15. The first-order valence-electron chi connectivity index (χ1n) is 5.83. The summed E-state index contributed by atoms with van der Waals surface area (Å²) in [5.74, 6) is 0.681. The van der Waals surface area contributed by atoms with E-state index in [4.69, 9.17) is 16.0 Å². The van der Waals surface area contributed by atoms with Crippen molar-refractivity contribution in [2.24, 2.45) is 5.92 Å². The van der Waals surface area contributed by atoms with Gasteiger partial charge in [0, 0.05) is 11.4 Å². The van der Waals surface area contributed by atoms with E-state index in [2.05, 4.69) is 21.2 Å². The maximum absolute atomic E-state index is 11.7. The van der Waals surface area contributed by atoms with Gasteiger partial charge in [0.05, 0.1) is 0 Å². The molecule has 0 aliphatic heterocycles. The molecular weight excluding hydrogens is 305 g/mol. The van der Waals surface area contributed by atoms with E-state index in [1.165, 1.54) is 12.8 Å². The monoisotopic (exact) mass is 319 g/mol. The van der Waals surface area contributed by atoms with Crippen molar-refractivity contribution in [3.8, 4) is 0 Å². The molecule has 1 amide bonds. The fraction of sp³-hybridized carbons (Fsp3) is 0.583. The molecule has 0 spiro atoms. The highest BCUT2D eigenvalue weighted by atomic mass is 79.9. The Morgan fingerprint density at radius 1 is 1.41 bits per heavy atom. The molecule has 1 aliphatic carbocycles. The number of hydrogen-bond donors (Lipinski definition) is 1. The zero-order chi connectivity index (χ0) is 12.3. The molecule has 0 saturated heterocycles. The Bertz CT molecular complexity index is 386. The molecule has 1 fully saturated rings. The van der Waals surface area contributed by atoms with E-state index in [0.29, 0.717) is 10.7 Å².